The Morgan fingerprint density at radius 3 is 2.65 bits per heavy atom. The molecule has 1 N–H and O–H groups in total. The molecular weight excluding hydrogens is 268 g/mol. The van der Waals surface area contributed by atoms with Gasteiger partial charge in [0.15, 0.2) is 0 Å². The van der Waals surface area contributed by atoms with Crippen molar-refractivity contribution < 1.29 is 0 Å². The lowest BCUT2D eigenvalue weighted by atomic mass is 9.97. The summed E-state index contributed by atoms with van der Waals surface area (Å²) in [5.41, 5.74) is 2.60. The summed E-state index contributed by atoms with van der Waals surface area (Å²) >= 11 is 6.52. The second-order valence-electron chi connectivity index (χ2n) is 6.18. The van der Waals surface area contributed by atoms with Gasteiger partial charge in [0, 0.05) is 19.1 Å². The van der Waals surface area contributed by atoms with Gasteiger partial charge in [-0.05, 0) is 62.8 Å². The molecule has 3 heteroatoms. The van der Waals surface area contributed by atoms with Crippen LogP contribution >= 0.6 is 11.6 Å². The minimum Gasteiger partial charge on any atom is -0.370 e. The van der Waals surface area contributed by atoms with Crippen LogP contribution in [-0.2, 0) is 6.42 Å². The van der Waals surface area contributed by atoms with E-state index in [1.54, 1.807) is 0 Å². The number of nitrogens with zero attached hydrogens (tertiary/aromatic N) is 1. The van der Waals surface area contributed by atoms with Gasteiger partial charge in [0.2, 0.25) is 0 Å². The highest BCUT2D eigenvalue weighted by Crippen LogP contribution is 2.29. The first kappa shape index (κ1) is 14.2. The van der Waals surface area contributed by atoms with Crippen molar-refractivity contribution in [3.8, 4) is 0 Å². The molecule has 0 bridgehead atoms. The molecule has 1 aromatic carbocycles. The molecule has 1 unspecified atom stereocenters. The Bertz CT molecular complexity index is 435. The second kappa shape index (κ2) is 6.82. The molecule has 2 heterocycles. The normalized spacial score (nSPS) is 23.9. The molecular formula is C17H25ClN2. The predicted octanol–water partition coefficient (Wildman–Crippen LogP) is 4.01. The first-order valence-corrected chi connectivity index (χ1v) is 8.47. The van der Waals surface area contributed by atoms with Crippen molar-refractivity contribution >= 4 is 17.3 Å². The molecule has 1 atom stereocenters. The van der Waals surface area contributed by atoms with E-state index < -0.39 is 0 Å². The van der Waals surface area contributed by atoms with Gasteiger partial charge >= 0.3 is 0 Å². The van der Waals surface area contributed by atoms with Crippen LogP contribution in [0.25, 0.3) is 0 Å². The Morgan fingerprint density at radius 2 is 1.95 bits per heavy atom. The fourth-order valence-electron chi connectivity index (χ4n) is 3.45. The highest BCUT2D eigenvalue weighted by Gasteiger charge is 2.16. The van der Waals surface area contributed by atoms with Crippen LogP contribution in [0.5, 0.6) is 0 Å². The van der Waals surface area contributed by atoms with E-state index in [1.165, 1.54) is 56.3 Å². The van der Waals surface area contributed by atoms with Crippen LogP contribution < -0.4 is 10.2 Å². The Morgan fingerprint density at radius 1 is 1.10 bits per heavy atom. The summed E-state index contributed by atoms with van der Waals surface area (Å²) in [7, 11) is 0. The third-order valence-electron chi connectivity index (χ3n) is 4.60. The Labute approximate surface area is 127 Å². The number of anilines is 1. The fraction of sp³-hybridized carbons (Fsp3) is 0.647. The lowest BCUT2D eigenvalue weighted by molar-refractivity contribution is 0.399. The number of hydrogen-bond acceptors (Lipinski definition) is 2. The number of hydrogen-bond donors (Lipinski definition) is 1. The van der Waals surface area contributed by atoms with Crippen molar-refractivity contribution in [3.05, 3.63) is 28.8 Å². The van der Waals surface area contributed by atoms with Crippen LogP contribution in [0, 0.1) is 0 Å². The molecule has 0 radical (unpaired) electrons. The SMILES string of the molecule is Clc1cc(CC2CCCCN2)ccc1N1CCCCC1. The number of rotatable bonds is 3. The van der Waals surface area contributed by atoms with Crippen molar-refractivity contribution in [1.29, 1.82) is 0 Å². The van der Waals surface area contributed by atoms with Gasteiger partial charge in [-0.25, -0.2) is 0 Å². The van der Waals surface area contributed by atoms with Crippen LogP contribution in [0.1, 0.15) is 44.1 Å². The van der Waals surface area contributed by atoms with Gasteiger partial charge in [0.05, 0.1) is 10.7 Å². The van der Waals surface area contributed by atoms with Crippen LogP contribution in [0.2, 0.25) is 5.02 Å². The van der Waals surface area contributed by atoms with E-state index in [0.717, 1.165) is 24.5 Å². The first-order chi connectivity index (χ1) is 9.83. The smallest absolute Gasteiger partial charge is 0.0642 e. The van der Waals surface area contributed by atoms with Crippen molar-refractivity contribution in [1.82, 2.24) is 5.32 Å². The third kappa shape index (κ3) is 3.48. The molecule has 110 valence electrons. The van der Waals surface area contributed by atoms with Crippen LogP contribution in [0.3, 0.4) is 0 Å². The summed E-state index contributed by atoms with van der Waals surface area (Å²) in [6.45, 7) is 3.48. The molecule has 0 saturated carbocycles. The number of piperidine rings is 2. The van der Waals surface area contributed by atoms with Gasteiger partial charge in [-0.3, -0.25) is 0 Å². The highest BCUT2D eigenvalue weighted by molar-refractivity contribution is 6.33. The van der Waals surface area contributed by atoms with E-state index in [1.807, 2.05) is 0 Å². The third-order valence-corrected chi connectivity index (χ3v) is 4.91. The summed E-state index contributed by atoms with van der Waals surface area (Å²) in [4.78, 5) is 2.44. The van der Waals surface area contributed by atoms with Crippen molar-refractivity contribution in [3.63, 3.8) is 0 Å². The molecule has 1 aromatic rings. The largest absolute Gasteiger partial charge is 0.370 e. The molecule has 2 saturated heterocycles. The zero-order chi connectivity index (χ0) is 13.8. The molecule has 2 aliphatic heterocycles. The summed E-state index contributed by atoms with van der Waals surface area (Å²) in [6, 6.07) is 7.32. The molecule has 3 rings (SSSR count). The Hall–Kier alpha value is -0.730. The average Bonchev–Trinajstić information content (AvgIpc) is 2.49. The quantitative estimate of drug-likeness (QED) is 0.905. The summed E-state index contributed by atoms with van der Waals surface area (Å²) in [5, 5.41) is 4.54. The lowest BCUT2D eigenvalue weighted by Crippen LogP contribution is -2.35. The van der Waals surface area contributed by atoms with E-state index in [-0.39, 0.29) is 0 Å². The topological polar surface area (TPSA) is 15.3 Å². The Balaban J connectivity index is 1.66. The first-order valence-electron chi connectivity index (χ1n) is 8.10. The summed E-state index contributed by atoms with van der Waals surface area (Å²) in [5.74, 6) is 0. The molecule has 0 aromatic heterocycles. The van der Waals surface area contributed by atoms with E-state index in [4.69, 9.17) is 11.6 Å². The summed E-state index contributed by atoms with van der Waals surface area (Å²) in [6.07, 6.45) is 9.04. The number of nitrogens with one attached hydrogen (secondary N) is 1. The zero-order valence-corrected chi connectivity index (χ0v) is 13.0. The predicted molar refractivity (Wildman–Crippen MR) is 86.9 cm³/mol. The molecule has 2 aliphatic rings. The number of halogens is 1. The molecule has 0 spiro atoms. The van der Waals surface area contributed by atoms with Gasteiger partial charge < -0.3 is 10.2 Å². The van der Waals surface area contributed by atoms with Crippen molar-refractivity contribution in [2.24, 2.45) is 0 Å². The molecule has 2 nitrogen and oxygen atoms in total. The Kier molecular flexibility index (Phi) is 4.85. The van der Waals surface area contributed by atoms with E-state index in [9.17, 15) is 0 Å². The molecule has 2 fully saturated rings. The van der Waals surface area contributed by atoms with Crippen LogP contribution in [0.15, 0.2) is 18.2 Å². The minimum absolute atomic E-state index is 0.639. The lowest BCUT2D eigenvalue weighted by Gasteiger charge is -2.30. The van der Waals surface area contributed by atoms with Gasteiger partial charge in [-0.15, -0.1) is 0 Å². The fourth-order valence-corrected chi connectivity index (χ4v) is 3.77. The van der Waals surface area contributed by atoms with E-state index >= 15 is 0 Å². The maximum atomic E-state index is 6.52. The maximum absolute atomic E-state index is 6.52. The van der Waals surface area contributed by atoms with Crippen molar-refractivity contribution in [2.45, 2.75) is 51.0 Å². The molecule has 0 amide bonds. The van der Waals surface area contributed by atoms with Gasteiger partial charge in [-0.2, -0.15) is 0 Å². The zero-order valence-electron chi connectivity index (χ0n) is 12.2. The van der Waals surface area contributed by atoms with Gasteiger partial charge in [0.1, 0.15) is 0 Å². The minimum atomic E-state index is 0.639. The summed E-state index contributed by atoms with van der Waals surface area (Å²) < 4.78 is 0. The molecule has 20 heavy (non-hydrogen) atoms. The van der Waals surface area contributed by atoms with E-state index in [2.05, 4.69) is 28.4 Å². The monoisotopic (exact) mass is 292 g/mol. The number of benzene rings is 1. The maximum Gasteiger partial charge on any atom is 0.0642 e. The van der Waals surface area contributed by atoms with Crippen molar-refractivity contribution in [2.75, 3.05) is 24.5 Å². The molecule has 0 aliphatic carbocycles. The highest BCUT2D eigenvalue weighted by atomic mass is 35.5. The van der Waals surface area contributed by atoms with Crippen LogP contribution in [0.4, 0.5) is 5.69 Å². The second-order valence-corrected chi connectivity index (χ2v) is 6.59. The van der Waals surface area contributed by atoms with Crippen LogP contribution in [-0.4, -0.2) is 25.7 Å². The van der Waals surface area contributed by atoms with Gasteiger partial charge in [0.25, 0.3) is 0 Å². The standard InChI is InChI=1S/C17H25ClN2/c18-16-13-14(12-15-6-2-3-9-19-15)7-8-17(16)20-10-4-1-5-11-20/h7-8,13,15,19H,1-6,9-12H2. The average molecular weight is 293 g/mol. The van der Waals surface area contributed by atoms with E-state index in [0.29, 0.717) is 6.04 Å². The van der Waals surface area contributed by atoms with Gasteiger partial charge in [-0.1, -0.05) is 24.1 Å².